The van der Waals surface area contributed by atoms with Crippen molar-refractivity contribution in [2.45, 2.75) is 56.7 Å². The maximum atomic E-state index is 2.51. The second-order valence-electron chi connectivity index (χ2n) is 9.53. The summed E-state index contributed by atoms with van der Waals surface area (Å²) < 4.78 is 0.0572. The maximum Gasteiger partial charge on any atom is -1.00 e. The molecule has 5 heteroatoms. The molecule has 36 heavy (non-hydrogen) atoms. The first kappa shape index (κ1) is 33.0. The number of benzene rings is 3. The molecule has 4 rings (SSSR count). The number of unbranched alkanes of at least 4 members (excludes halogenated alkanes) is 1. The molecule has 1 aliphatic carbocycles. The standard InChI is InChI=1S/C31H35Si.3ClH.Ti/c1-5-6-13-26-18-20-27(21-19-26)31-25(4)23(2)24(3)30(31)22-32(28-14-9-7-10-15-28)29-16-11-8-12-17-29;;;;/h7-12,14-21,32H,5-6,13,22H2,1-4H3;3*1H;/q;;;;+3/p-3. The monoisotopic (exact) mass is 588 g/mol. The van der Waals surface area contributed by atoms with E-state index in [-0.39, 0.29) is 40.9 Å². The van der Waals surface area contributed by atoms with E-state index in [1.54, 1.807) is 11.1 Å². The molecule has 0 nitrogen and oxygen atoms in total. The van der Waals surface area contributed by atoms with Gasteiger partial charge in [0.15, 0.2) is 0 Å². The summed E-state index contributed by atoms with van der Waals surface area (Å²) >= 11 is 2.51. The van der Waals surface area contributed by atoms with Crippen molar-refractivity contribution in [2.24, 2.45) is 0 Å². The molecular weight excluding hydrogens is 555 g/mol. The van der Waals surface area contributed by atoms with Crippen LogP contribution in [0.3, 0.4) is 0 Å². The van der Waals surface area contributed by atoms with E-state index < -0.39 is 8.80 Å². The molecule has 0 aliphatic heterocycles. The van der Waals surface area contributed by atoms with Crippen molar-refractivity contribution >= 4 is 24.7 Å². The molecule has 188 valence electrons. The van der Waals surface area contributed by atoms with E-state index in [9.17, 15) is 0 Å². The molecule has 0 amide bonds. The van der Waals surface area contributed by atoms with Crippen molar-refractivity contribution in [2.75, 3.05) is 0 Å². The second kappa shape index (κ2) is 14.8. The predicted octanol–water partition coefficient (Wildman–Crippen LogP) is -2.09. The summed E-state index contributed by atoms with van der Waals surface area (Å²) in [6.07, 6.45) is 3.69. The van der Waals surface area contributed by atoms with Crippen LogP contribution in [0.2, 0.25) is 9.76 Å². The summed E-state index contributed by atoms with van der Waals surface area (Å²) in [6.45, 7) is 9.31. The zero-order chi connectivity index (χ0) is 23.4. The van der Waals surface area contributed by atoms with Crippen molar-refractivity contribution in [1.82, 2.24) is 0 Å². The van der Waals surface area contributed by atoms with Crippen LogP contribution in [0.4, 0.5) is 0 Å². The van der Waals surface area contributed by atoms with Crippen molar-refractivity contribution < 1.29 is 57.7 Å². The quantitative estimate of drug-likeness (QED) is 0.265. The molecule has 0 saturated heterocycles. The Morgan fingerprint density at radius 2 is 1.19 bits per heavy atom. The molecule has 3 aromatic rings. The SMILES string of the molecule is CCCCc1ccc(C2=C(C)C(C)=C(C)[C]2([Ti+3])C[SiH](c2ccccc2)c2ccccc2)cc1.[Cl-].[Cl-].[Cl-]. The van der Waals surface area contributed by atoms with Crippen LogP contribution in [0.5, 0.6) is 0 Å². The minimum Gasteiger partial charge on any atom is -1.00 e. The van der Waals surface area contributed by atoms with E-state index in [4.69, 9.17) is 0 Å². The number of halogens is 3. The summed E-state index contributed by atoms with van der Waals surface area (Å²) in [5, 5.41) is 3.07. The third-order valence-electron chi connectivity index (χ3n) is 7.54. The minimum absolute atomic E-state index is 0. The molecule has 0 aromatic heterocycles. The van der Waals surface area contributed by atoms with Gasteiger partial charge in [0.05, 0.1) is 0 Å². The first-order chi connectivity index (χ1) is 16.0. The van der Waals surface area contributed by atoms with E-state index in [1.807, 2.05) is 0 Å². The molecule has 3 aromatic carbocycles. The molecule has 0 spiro atoms. The average Bonchev–Trinajstić information content (AvgIpc) is 3.02. The smallest absolute Gasteiger partial charge is 1.00 e. The Morgan fingerprint density at radius 3 is 1.67 bits per heavy atom. The summed E-state index contributed by atoms with van der Waals surface area (Å²) in [7, 11) is -1.42. The maximum absolute atomic E-state index is 2.51. The second-order valence-corrected chi connectivity index (χ2v) is 13.7. The average molecular weight is 590 g/mol. The van der Waals surface area contributed by atoms with Crippen molar-refractivity contribution in [3.63, 3.8) is 0 Å². The van der Waals surface area contributed by atoms with Gasteiger partial charge >= 0.3 is 215 Å². The Bertz CT molecular complexity index is 1120. The van der Waals surface area contributed by atoms with E-state index in [2.05, 4.69) is 133 Å². The summed E-state index contributed by atoms with van der Waals surface area (Å²) in [5.41, 5.74) is 8.92. The van der Waals surface area contributed by atoms with Gasteiger partial charge in [0.2, 0.25) is 0 Å². The first-order valence-electron chi connectivity index (χ1n) is 12.3. The molecule has 0 heterocycles. The Labute approximate surface area is 250 Å². The van der Waals surface area contributed by atoms with Gasteiger partial charge in [0, 0.05) is 0 Å². The van der Waals surface area contributed by atoms with Gasteiger partial charge in [-0.2, -0.15) is 0 Å². The molecule has 1 atom stereocenters. The van der Waals surface area contributed by atoms with Crippen LogP contribution in [0, 0.1) is 0 Å². The molecule has 0 fully saturated rings. The molecule has 0 radical (unpaired) electrons. The fraction of sp³-hybridized carbons (Fsp3) is 0.290. The topological polar surface area (TPSA) is 0 Å². The minimum atomic E-state index is -1.42. The van der Waals surface area contributed by atoms with Gasteiger partial charge in [-0.3, -0.25) is 0 Å². The van der Waals surface area contributed by atoms with Crippen LogP contribution in [-0.2, 0) is 26.9 Å². The zero-order valence-electron chi connectivity index (χ0n) is 21.6. The van der Waals surface area contributed by atoms with Gasteiger partial charge < -0.3 is 37.2 Å². The van der Waals surface area contributed by atoms with Crippen LogP contribution in [-0.4, -0.2) is 8.80 Å². The van der Waals surface area contributed by atoms with Crippen molar-refractivity contribution in [1.29, 1.82) is 0 Å². The third kappa shape index (κ3) is 6.87. The van der Waals surface area contributed by atoms with Gasteiger partial charge in [-0.15, -0.1) is 0 Å². The first-order valence-corrected chi connectivity index (χ1v) is 15.0. The largest absolute Gasteiger partial charge is 1.00 e. The number of hydrogen-bond acceptors (Lipinski definition) is 0. The van der Waals surface area contributed by atoms with Crippen molar-refractivity contribution in [3.05, 3.63) is 113 Å². The molecule has 0 bridgehead atoms. The van der Waals surface area contributed by atoms with E-state index >= 15 is 0 Å². The van der Waals surface area contributed by atoms with E-state index in [1.165, 1.54) is 58.0 Å². The van der Waals surface area contributed by atoms with Gasteiger partial charge in [0.25, 0.3) is 0 Å². The molecule has 0 N–H and O–H groups in total. The van der Waals surface area contributed by atoms with Crippen LogP contribution in [0.25, 0.3) is 5.57 Å². The predicted molar refractivity (Wildman–Crippen MR) is 143 cm³/mol. The number of hydrogen-bond donors (Lipinski definition) is 0. The normalized spacial score (nSPS) is 17.0. The zero-order valence-corrected chi connectivity index (χ0v) is 26.6. The Hall–Kier alpha value is -1.06. The Kier molecular flexibility index (Phi) is 13.5. The number of aryl methyl sites for hydroxylation is 1. The van der Waals surface area contributed by atoms with E-state index in [0.717, 1.165) is 0 Å². The Balaban J connectivity index is 0.00000216. The van der Waals surface area contributed by atoms with Gasteiger partial charge in [-0.25, -0.2) is 0 Å². The third-order valence-corrected chi connectivity index (χ3v) is 12.9. The van der Waals surface area contributed by atoms with Crippen molar-refractivity contribution in [3.8, 4) is 0 Å². The fourth-order valence-electron chi connectivity index (χ4n) is 5.34. The van der Waals surface area contributed by atoms with E-state index in [0.29, 0.717) is 0 Å². The molecule has 1 aliphatic rings. The molecule has 0 saturated carbocycles. The molecular formula is C31H35Cl3SiTi. The Morgan fingerprint density at radius 1 is 0.694 bits per heavy atom. The fourth-order valence-corrected chi connectivity index (χ4v) is 10.5. The van der Waals surface area contributed by atoms with Crippen LogP contribution >= 0.6 is 0 Å². The molecule has 1 unspecified atom stereocenters. The summed E-state index contributed by atoms with van der Waals surface area (Å²) in [5.74, 6) is 0. The van der Waals surface area contributed by atoms with Gasteiger partial charge in [-0.1, -0.05) is 0 Å². The van der Waals surface area contributed by atoms with Gasteiger partial charge in [0.1, 0.15) is 0 Å². The van der Waals surface area contributed by atoms with Crippen LogP contribution in [0.15, 0.2) is 102 Å². The number of rotatable bonds is 8. The van der Waals surface area contributed by atoms with Gasteiger partial charge in [-0.05, 0) is 0 Å². The van der Waals surface area contributed by atoms with Crippen LogP contribution < -0.4 is 47.6 Å². The number of allylic oxidation sites excluding steroid dienone is 4. The summed E-state index contributed by atoms with van der Waals surface area (Å²) in [4.78, 5) is 0. The summed E-state index contributed by atoms with van der Waals surface area (Å²) in [6, 6.07) is 33.2. The van der Waals surface area contributed by atoms with Crippen LogP contribution in [0.1, 0.15) is 51.7 Å².